The van der Waals surface area contributed by atoms with Crippen molar-refractivity contribution in [2.75, 3.05) is 18.4 Å². The number of imidazole rings is 1. The fraction of sp³-hybridized carbons (Fsp3) is 0.714. The topological polar surface area (TPSA) is 84.7 Å². The summed E-state index contributed by atoms with van der Waals surface area (Å²) in [5.41, 5.74) is 1.36. The van der Waals surface area contributed by atoms with Crippen LogP contribution in [0.5, 0.6) is 0 Å². The van der Waals surface area contributed by atoms with Crippen LogP contribution < -0.4 is 5.32 Å². The Hall–Kier alpha value is -2.38. The Balaban J connectivity index is 1.75. The molecule has 3 heterocycles. The Bertz CT molecular complexity index is 860. The van der Waals surface area contributed by atoms with Gasteiger partial charge in [-0.25, -0.2) is 19.3 Å². The van der Waals surface area contributed by atoms with Gasteiger partial charge in [0.25, 0.3) is 0 Å². The second-order valence-corrected chi connectivity index (χ2v) is 9.43. The summed E-state index contributed by atoms with van der Waals surface area (Å²) in [7, 11) is 0. The van der Waals surface area contributed by atoms with Crippen molar-refractivity contribution in [3.8, 4) is 0 Å². The van der Waals surface area contributed by atoms with Gasteiger partial charge < -0.3 is 15.0 Å². The number of fused-ring (bicyclic) bond motifs is 1. The molecule has 1 amide bonds. The van der Waals surface area contributed by atoms with E-state index in [4.69, 9.17) is 14.8 Å². The van der Waals surface area contributed by atoms with Gasteiger partial charge in [0.05, 0.1) is 11.9 Å². The van der Waals surface area contributed by atoms with Crippen LogP contribution in [0.3, 0.4) is 0 Å². The SMILES string of the molecule is CC(C)c1nc(NC2CCN(C(=O)OC(C)(C)C)CC2)c2ncc(C(C)C)n2n1. The maximum Gasteiger partial charge on any atom is 0.410 e. The minimum Gasteiger partial charge on any atom is -0.444 e. The smallest absolute Gasteiger partial charge is 0.410 e. The van der Waals surface area contributed by atoms with Crippen LogP contribution in [0.15, 0.2) is 6.20 Å². The number of hydrogen-bond acceptors (Lipinski definition) is 6. The summed E-state index contributed by atoms with van der Waals surface area (Å²) in [5.74, 6) is 2.11. The molecular formula is C21H34N6O2. The van der Waals surface area contributed by atoms with E-state index in [1.54, 1.807) is 4.90 Å². The van der Waals surface area contributed by atoms with E-state index in [2.05, 4.69) is 38.0 Å². The summed E-state index contributed by atoms with van der Waals surface area (Å²) >= 11 is 0. The highest BCUT2D eigenvalue weighted by Crippen LogP contribution is 2.24. The molecule has 8 heteroatoms. The number of carbonyl (C=O) groups is 1. The lowest BCUT2D eigenvalue weighted by Crippen LogP contribution is -2.44. The number of nitrogens with zero attached hydrogens (tertiary/aromatic N) is 5. The Morgan fingerprint density at radius 2 is 1.83 bits per heavy atom. The van der Waals surface area contributed by atoms with Gasteiger partial charge in [0.15, 0.2) is 17.3 Å². The molecule has 0 atom stereocenters. The number of ether oxygens (including phenoxy) is 1. The Labute approximate surface area is 173 Å². The summed E-state index contributed by atoms with van der Waals surface area (Å²) in [5, 5.41) is 8.28. The molecule has 0 spiro atoms. The quantitative estimate of drug-likeness (QED) is 0.826. The van der Waals surface area contributed by atoms with Crippen LogP contribution in [-0.2, 0) is 4.74 Å². The summed E-state index contributed by atoms with van der Waals surface area (Å²) < 4.78 is 7.41. The number of carbonyl (C=O) groups excluding carboxylic acids is 1. The van der Waals surface area contributed by atoms with Crippen molar-refractivity contribution in [3.63, 3.8) is 0 Å². The first kappa shape index (κ1) is 21.3. The molecule has 29 heavy (non-hydrogen) atoms. The highest BCUT2D eigenvalue weighted by atomic mass is 16.6. The first-order valence-corrected chi connectivity index (χ1v) is 10.5. The molecule has 0 radical (unpaired) electrons. The Kier molecular flexibility index (Phi) is 6.00. The van der Waals surface area contributed by atoms with Gasteiger partial charge >= 0.3 is 6.09 Å². The summed E-state index contributed by atoms with van der Waals surface area (Å²) in [6.45, 7) is 15.5. The molecule has 1 aliphatic rings. The maximum atomic E-state index is 12.3. The van der Waals surface area contributed by atoms with E-state index in [1.165, 1.54) is 0 Å². The minimum absolute atomic E-state index is 0.219. The number of anilines is 1. The average Bonchev–Trinajstić information content (AvgIpc) is 3.05. The molecule has 1 fully saturated rings. The molecule has 0 saturated carbocycles. The lowest BCUT2D eigenvalue weighted by Gasteiger charge is -2.34. The number of aromatic nitrogens is 4. The molecule has 160 valence electrons. The predicted molar refractivity (Wildman–Crippen MR) is 113 cm³/mol. The van der Waals surface area contributed by atoms with E-state index in [0.717, 1.165) is 35.8 Å². The van der Waals surface area contributed by atoms with Crippen molar-refractivity contribution in [1.29, 1.82) is 0 Å². The fourth-order valence-electron chi connectivity index (χ4n) is 3.38. The molecule has 3 rings (SSSR count). The largest absolute Gasteiger partial charge is 0.444 e. The summed E-state index contributed by atoms with van der Waals surface area (Å²) in [4.78, 5) is 23.4. The van der Waals surface area contributed by atoms with Gasteiger partial charge in [0.2, 0.25) is 0 Å². The monoisotopic (exact) mass is 402 g/mol. The third kappa shape index (κ3) is 4.97. The summed E-state index contributed by atoms with van der Waals surface area (Å²) in [6, 6.07) is 0.228. The van der Waals surface area contributed by atoms with Gasteiger partial charge in [-0.1, -0.05) is 27.7 Å². The van der Waals surface area contributed by atoms with Gasteiger partial charge in [0, 0.05) is 25.0 Å². The molecule has 1 saturated heterocycles. The van der Waals surface area contributed by atoms with Crippen molar-refractivity contribution in [1.82, 2.24) is 24.5 Å². The van der Waals surface area contributed by atoms with Crippen LogP contribution in [0.4, 0.5) is 10.6 Å². The number of amides is 1. The highest BCUT2D eigenvalue weighted by molar-refractivity contribution is 5.68. The first-order valence-electron chi connectivity index (χ1n) is 10.5. The van der Waals surface area contributed by atoms with E-state index in [-0.39, 0.29) is 18.1 Å². The van der Waals surface area contributed by atoms with Crippen LogP contribution in [0.25, 0.3) is 5.65 Å². The van der Waals surface area contributed by atoms with Crippen LogP contribution in [0, 0.1) is 0 Å². The van der Waals surface area contributed by atoms with Gasteiger partial charge in [-0.05, 0) is 39.5 Å². The highest BCUT2D eigenvalue weighted by Gasteiger charge is 2.28. The summed E-state index contributed by atoms with van der Waals surface area (Å²) in [6.07, 6.45) is 3.32. The van der Waals surface area contributed by atoms with Gasteiger partial charge in [-0.15, -0.1) is 0 Å². The predicted octanol–water partition coefficient (Wildman–Crippen LogP) is 4.18. The normalized spacial score (nSPS) is 16.1. The second-order valence-electron chi connectivity index (χ2n) is 9.43. The maximum absolute atomic E-state index is 12.3. The molecule has 1 N–H and O–H groups in total. The van der Waals surface area contributed by atoms with Crippen molar-refractivity contribution < 1.29 is 9.53 Å². The number of likely N-dealkylation sites (tertiary alicyclic amines) is 1. The Morgan fingerprint density at radius 3 is 2.38 bits per heavy atom. The van der Waals surface area contributed by atoms with Gasteiger partial charge in [-0.3, -0.25) is 0 Å². The van der Waals surface area contributed by atoms with Crippen molar-refractivity contribution in [2.24, 2.45) is 0 Å². The zero-order valence-corrected chi connectivity index (χ0v) is 18.7. The zero-order chi connectivity index (χ0) is 21.3. The number of rotatable bonds is 4. The van der Waals surface area contributed by atoms with Crippen LogP contribution in [-0.4, -0.2) is 55.3 Å². The molecule has 0 aromatic carbocycles. The van der Waals surface area contributed by atoms with E-state index in [0.29, 0.717) is 19.0 Å². The van der Waals surface area contributed by atoms with Crippen LogP contribution in [0.1, 0.15) is 84.7 Å². The van der Waals surface area contributed by atoms with E-state index in [9.17, 15) is 4.79 Å². The molecule has 1 aliphatic heterocycles. The lowest BCUT2D eigenvalue weighted by molar-refractivity contribution is 0.0210. The van der Waals surface area contributed by atoms with E-state index >= 15 is 0 Å². The molecule has 2 aromatic heterocycles. The molecule has 0 aliphatic carbocycles. The number of piperidine rings is 1. The van der Waals surface area contributed by atoms with Crippen LogP contribution >= 0.6 is 0 Å². The van der Waals surface area contributed by atoms with Crippen molar-refractivity contribution in [2.45, 2.75) is 84.8 Å². The van der Waals surface area contributed by atoms with Gasteiger partial charge in [0.1, 0.15) is 5.60 Å². The third-order valence-electron chi connectivity index (χ3n) is 5.00. The van der Waals surface area contributed by atoms with Crippen molar-refractivity contribution in [3.05, 3.63) is 17.7 Å². The standard InChI is InChI=1S/C21H34N6O2/c1-13(2)16-12-22-19-18(24-17(14(3)4)25-27(16)19)23-15-8-10-26(11-9-15)20(28)29-21(5,6)7/h12-15H,8-11H2,1-7H3,(H,23,24,25). The lowest BCUT2D eigenvalue weighted by atomic mass is 10.1. The van der Waals surface area contributed by atoms with Gasteiger partial charge in [-0.2, -0.15) is 5.10 Å². The molecule has 0 unspecified atom stereocenters. The fourth-order valence-corrected chi connectivity index (χ4v) is 3.38. The van der Waals surface area contributed by atoms with E-state index < -0.39 is 5.60 Å². The first-order chi connectivity index (χ1) is 13.5. The molecular weight excluding hydrogens is 368 g/mol. The molecule has 8 nitrogen and oxygen atoms in total. The molecule has 2 aromatic rings. The van der Waals surface area contributed by atoms with E-state index in [1.807, 2.05) is 31.5 Å². The molecule has 0 bridgehead atoms. The number of nitrogens with one attached hydrogen (secondary N) is 1. The number of hydrogen-bond donors (Lipinski definition) is 1. The minimum atomic E-state index is -0.471. The third-order valence-corrected chi connectivity index (χ3v) is 5.00. The average molecular weight is 403 g/mol. The zero-order valence-electron chi connectivity index (χ0n) is 18.7. The Morgan fingerprint density at radius 1 is 1.17 bits per heavy atom. The van der Waals surface area contributed by atoms with Crippen LogP contribution in [0.2, 0.25) is 0 Å². The van der Waals surface area contributed by atoms with Crippen molar-refractivity contribution >= 4 is 17.6 Å². The second kappa shape index (κ2) is 8.16.